The third-order valence-electron chi connectivity index (χ3n) is 3.02. The smallest absolute Gasteiger partial charge is 0.310 e. The molecule has 1 aromatic rings. The average Bonchev–Trinajstić information content (AvgIpc) is 2.40. The average molecular weight is 235 g/mol. The van der Waals surface area contributed by atoms with Crippen LogP contribution in [-0.4, -0.2) is 29.1 Å². The van der Waals surface area contributed by atoms with Crippen molar-refractivity contribution >= 4 is 5.97 Å². The summed E-state index contributed by atoms with van der Waals surface area (Å²) in [6.45, 7) is 2.95. The number of nitrogens with zero attached hydrogens (tertiary/aromatic N) is 2. The van der Waals surface area contributed by atoms with Crippen molar-refractivity contribution in [2.24, 2.45) is 5.92 Å². The van der Waals surface area contributed by atoms with Crippen LogP contribution in [0.3, 0.4) is 0 Å². The number of aromatic nitrogens is 2. The maximum absolute atomic E-state index is 11.6. The molecule has 1 aliphatic heterocycles. The molecule has 17 heavy (non-hydrogen) atoms. The van der Waals surface area contributed by atoms with Crippen LogP contribution >= 0.6 is 0 Å². The van der Waals surface area contributed by atoms with E-state index in [4.69, 9.17) is 4.74 Å². The number of piperidine rings is 1. The highest BCUT2D eigenvalue weighted by Gasteiger charge is 2.27. The van der Waals surface area contributed by atoms with Gasteiger partial charge in [-0.15, -0.1) is 0 Å². The third-order valence-corrected chi connectivity index (χ3v) is 3.02. The molecule has 1 fully saturated rings. The molecular formula is C12H17N3O2. The zero-order valence-corrected chi connectivity index (χ0v) is 9.93. The van der Waals surface area contributed by atoms with E-state index in [9.17, 15) is 4.79 Å². The Labute approximate surface area is 101 Å². The second-order valence-electron chi connectivity index (χ2n) is 4.16. The number of esters is 1. The van der Waals surface area contributed by atoms with Crippen LogP contribution in [0.4, 0.5) is 0 Å². The van der Waals surface area contributed by atoms with E-state index in [1.54, 1.807) is 0 Å². The van der Waals surface area contributed by atoms with Crippen LogP contribution < -0.4 is 5.32 Å². The molecule has 1 aliphatic rings. The van der Waals surface area contributed by atoms with E-state index in [0.717, 1.165) is 18.4 Å². The molecule has 0 spiro atoms. The molecule has 5 heteroatoms. The Morgan fingerprint density at radius 1 is 1.47 bits per heavy atom. The van der Waals surface area contributed by atoms with Crippen molar-refractivity contribution in [1.29, 1.82) is 0 Å². The maximum atomic E-state index is 11.6. The lowest BCUT2D eigenvalue weighted by Gasteiger charge is -2.28. The van der Waals surface area contributed by atoms with Crippen molar-refractivity contribution in [3.63, 3.8) is 0 Å². The van der Waals surface area contributed by atoms with Crippen molar-refractivity contribution in [3.05, 3.63) is 24.3 Å². The van der Waals surface area contributed by atoms with E-state index in [0.29, 0.717) is 13.2 Å². The first-order chi connectivity index (χ1) is 8.31. The lowest BCUT2D eigenvalue weighted by atomic mass is 9.92. The molecule has 0 radical (unpaired) electrons. The Bertz CT molecular complexity index is 361. The summed E-state index contributed by atoms with van der Waals surface area (Å²) in [7, 11) is 0. The summed E-state index contributed by atoms with van der Waals surface area (Å²) in [6, 6.07) is 0.252. The molecule has 1 aromatic heterocycles. The number of carbonyl (C=O) groups excluding carboxylic acids is 1. The van der Waals surface area contributed by atoms with E-state index in [1.807, 2.05) is 19.3 Å². The molecule has 2 heterocycles. The van der Waals surface area contributed by atoms with Gasteiger partial charge in [0.25, 0.3) is 0 Å². The van der Waals surface area contributed by atoms with Crippen LogP contribution in [0.1, 0.15) is 31.4 Å². The van der Waals surface area contributed by atoms with Gasteiger partial charge in [0.05, 0.1) is 12.5 Å². The zero-order chi connectivity index (χ0) is 12.1. The van der Waals surface area contributed by atoms with Gasteiger partial charge in [-0.1, -0.05) is 0 Å². The summed E-state index contributed by atoms with van der Waals surface area (Å²) in [5, 5.41) is 3.34. The van der Waals surface area contributed by atoms with Gasteiger partial charge in [0.2, 0.25) is 0 Å². The van der Waals surface area contributed by atoms with Crippen LogP contribution in [0.5, 0.6) is 0 Å². The van der Waals surface area contributed by atoms with Crippen LogP contribution in [0.2, 0.25) is 0 Å². The standard InChI is InChI=1S/C12H17N3O2/c1-2-17-12(16)9-3-4-11(15-7-9)10-5-13-8-14-6-10/h5-6,8-9,11,15H,2-4,7H2,1H3. The van der Waals surface area contributed by atoms with E-state index < -0.39 is 0 Å². The number of carbonyl (C=O) groups is 1. The van der Waals surface area contributed by atoms with E-state index in [1.165, 1.54) is 6.33 Å². The summed E-state index contributed by atoms with van der Waals surface area (Å²) in [6.07, 6.45) is 6.92. The van der Waals surface area contributed by atoms with Crippen LogP contribution in [-0.2, 0) is 9.53 Å². The molecule has 1 N–H and O–H groups in total. The highest BCUT2D eigenvalue weighted by atomic mass is 16.5. The Balaban J connectivity index is 1.88. The van der Waals surface area contributed by atoms with E-state index in [-0.39, 0.29) is 17.9 Å². The van der Waals surface area contributed by atoms with Crippen molar-refractivity contribution in [1.82, 2.24) is 15.3 Å². The van der Waals surface area contributed by atoms with Gasteiger partial charge in [-0.25, -0.2) is 9.97 Å². The van der Waals surface area contributed by atoms with Gasteiger partial charge in [-0.3, -0.25) is 4.79 Å². The number of ether oxygens (including phenoxy) is 1. The van der Waals surface area contributed by atoms with Crippen LogP contribution in [0.15, 0.2) is 18.7 Å². The van der Waals surface area contributed by atoms with Gasteiger partial charge < -0.3 is 10.1 Å². The summed E-state index contributed by atoms with van der Waals surface area (Å²) < 4.78 is 5.02. The lowest BCUT2D eigenvalue weighted by molar-refractivity contribution is -0.148. The molecule has 92 valence electrons. The second-order valence-corrected chi connectivity index (χ2v) is 4.16. The van der Waals surface area contributed by atoms with Gasteiger partial charge in [0, 0.05) is 30.5 Å². The number of hydrogen-bond acceptors (Lipinski definition) is 5. The number of nitrogens with one attached hydrogen (secondary N) is 1. The zero-order valence-electron chi connectivity index (χ0n) is 9.93. The van der Waals surface area contributed by atoms with Gasteiger partial charge >= 0.3 is 5.97 Å². The Hall–Kier alpha value is -1.49. The second kappa shape index (κ2) is 5.72. The lowest BCUT2D eigenvalue weighted by Crippen LogP contribution is -2.37. The number of hydrogen-bond donors (Lipinski definition) is 1. The molecule has 2 unspecified atom stereocenters. The van der Waals surface area contributed by atoms with Crippen LogP contribution in [0.25, 0.3) is 0 Å². The molecule has 0 aliphatic carbocycles. The first-order valence-corrected chi connectivity index (χ1v) is 5.96. The fraction of sp³-hybridized carbons (Fsp3) is 0.583. The topological polar surface area (TPSA) is 64.1 Å². The molecule has 5 nitrogen and oxygen atoms in total. The largest absolute Gasteiger partial charge is 0.466 e. The van der Waals surface area contributed by atoms with Crippen molar-refractivity contribution < 1.29 is 9.53 Å². The third kappa shape index (κ3) is 3.00. The van der Waals surface area contributed by atoms with Crippen LogP contribution in [0, 0.1) is 5.92 Å². The molecule has 0 aromatic carbocycles. The molecule has 1 saturated heterocycles. The Morgan fingerprint density at radius 3 is 2.82 bits per heavy atom. The minimum Gasteiger partial charge on any atom is -0.466 e. The van der Waals surface area contributed by atoms with Gasteiger partial charge in [0.15, 0.2) is 0 Å². The summed E-state index contributed by atoms with van der Waals surface area (Å²) in [5.41, 5.74) is 1.08. The fourth-order valence-electron chi connectivity index (χ4n) is 2.09. The summed E-state index contributed by atoms with van der Waals surface area (Å²) in [5.74, 6) is -0.112. The monoisotopic (exact) mass is 235 g/mol. The minimum atomic E-state index is -0.0947. The van der Waals surface area contributed by atoms with Crippen molar-refractivity contribution in [3.8, 4) is 0 Å². The molecular weight excluding hydrogens is 218 g/mol. The van der Waals surface area contributed by atoms with Gasteiger partial charge in [-0.2, -0.15) is 0 Å². The van der Waals surface area contributed by atoms with Crippen molar-refractivity contribution in [2.45, 2.75) is 25.8 Å². The Morgan fingerprint density at radius 2 is 2.24 bits per heavy atom. The highest BCUT2D eigenvalue weighted by Crippen LogP contribution is 2.25. The van der Waals surface area contributed by atoms with Gasteiger partial charge in [0.1, 0.15) is 6.33 Å². The quantitative estimate of drug-likeness (QED) is 0.794. The summed E-state index contributed by atoms with van der Waals surface area (Å²) in [4.78, 5) is 19.6. The number of rotatable bonds is 3. The molecule has 0 bridgehead atoms. The fourth-order valence-corrected chi connectivity index (χ4v) is 2.09. The predicted octanol–water partition coefficient (Wildman–Crippen LogP) is 1.08. The molecule has 0 amide bonds. The van der Waals surface area contributed by atoms with Gasteiger partial charge in [-0.05, 0) is 19.8 Å². The molecule has 0 saturated carbocycles. The normalized spacial score (nSPS) is 24.3. The minimum absolute atomic E-state index is 0.0177. The maximum Gasteiger partial charge on any atom is 0.310 e. The highest BCUT2D eigenvalue weighted by molar-refractivity contribution is 5.72. The Kier molecular flexibility index (Phi) is 4.03. The molecule has 2 atom stereocenters. The van der Waals surface area contributed by atoms with Crippen molar-refractivity contribution in [2.75, 3.05) is 13.2 Å². The van der Waals surface area contributed by atoms with E-state index in [2.05, 4.69) is 15.3 Å². The predicted molar refractivity (Wildman–Crippen MR) is 62.1 cm³/mol. The van der Waals surface area contributed by atoms with E-state index >= 15 is 0 Å². The summed E-state index contributed by atoms with van der Waals surface area (Å²) >= 11 is 0. The molecule has 2 rings (SSSR count). The SMILES string of the molecule is CCOC(=O)C1CCC(c2cncnc2)NC1. The first kappa shape index (κ1) is 12.0. The first-order valence-electron chi connectivity index (χ1n) is 5.96.